The SMILES string of the molecule is CC/C=C/CCCCCCCCCCCCCCCC1=NCC[N+]1(CC)C(C)O. The number of unbranched alkanes of at least 4 members (excludes halogenated alkanes) is 13. The second-order valence-electron chi connectivity index (χ2n) is 9.02. The molecule has 2 unspecified atom stereocenters. The van der Waals surface area contributed by atoms with Gasteiger partial charge in [0.25, 0.3) is 0 Å². The predicted molar refractivity (Wildman–Crippen MR) is 128 cm³/mol. The van der Waals surface area contributed by atoms with Crippen molar-refractivity contribution in [3.8, 4) is 0 Å². The monoisotopic (exact) mass is 407 g/mol. The first-order valence-electron chi connectivity index (χ1n) is 12.9. The Hall–Kier alpha value is -0.670. The second-order valence-corrected chi connectivity index (χ2v) is 9.02. The fourth-order valence-corrected chi connectivity index (χ4v) is 4.71. The molecule has 29 heavy (non-hydrogen) atoms. The smallest absolute Gasteiger partial charge is 0.200 e. The second kappa shape index (κ2) is 17.1. The van der Waals surface area contributed by atoms with Crippen molar-refractivity contribution in [2.24, 2.45) is 4.99 Å². The maximum Gasteiger partial charge on any atom is 0.200 e. The van der Waals surface area contributed by atoms with E-state index in [9.17, 15) is 5.11 Å². The van der Waals surface area contributed by atoms with Gasteiger partial charge in [-0.2, -0.15) is 0 Å². The molecule has 1 heterocycles. The lowest BCUT2D eigenvalue weighted by Gasteiger charge is -2.36. The standard InChI is InChI=1S/C26H51N2O/c1-4-6-7-8-9-10-11-12-13-14-15-16-17-18-19-20-21-22-26-27-23-24-28(26,5-2)25(3)29/h6-7,25,29H,4-5,8-24H2,1-3H3/q+1/b7-6+. The Kier molecular flexibility index (Phi) is 15.5. The van der Waals surface area contributed by atoms with Gasteiger partial charge in [0.05, 0.1) is 13.1 Å². The molecule has 1 N–H and O–H groups in total. The topological polar surface area (TPSA) is 32.6 Å². The first kappa shape index (κ1) is 26.4. The van der Waals surface area contributed by atoms with Crippen molar-refractivity contribution >= 4 is 5.84 Å². The highest BCUT2D eigenvalue weighted by Gasteiger charge is 2.40. The molecule has 0 spiro atoms. The van der Waals surface area contributed by atoms with Gasteiger partial charge in [0.1, 0.15) is 6.54 Å². The normalized spacial score (nSPS) is 20.5. The minimum Gasteiger partial charge on any atom is -0.345 e. The van der Waals surface area contributed by atoms with Gasteiger partial charge in [0, 0.05) is 13.3 Å². The lowest BCUT2D eigenvalue weighted by atomic mass is 10.0. The minimum absolute atomic E-state index is 0.316. The van der Waals surface area contributed by atoms with E-state index < -0.39 is 0 Å². The van der Waals surface area contributed by atoms with Gasteiger partial charge in [-0.15, -0.1) is 0 Å². The molecule has 0 aromatic heterocycles. The van der Waals surface area contributed by atoms with Crippen LogP contribution in [0.15, 0.2) is 17.1 Å². The van der Waals surface area contributed by atoms with Crippen molar-refractivity contribution in [1.29, 1.82) is 0 Å². The molecule has 1 rings (SSSR count). The number of aliphatic hydroxyl groups is 1. The molecule has 3 nitrogen and oxygen atoms in total. The van der Waals surface area contributed by atoms with Crippen LogP contribution in [0.2, 0.25) is 0 Å². The van der Waals surface area contributed by atoms with Crippen molar-refractivity contribution in [1.82, 2.24) is 0 Å². The molecule has 0 aromatic rings. The maximum absolute atomic E-state index is 10.2. The molecule has 0 radical (unpaired) electrons. The van der Waals surface area contributed by atoms with E-state index in [-0.39, 0.29) is 6.23 Å². The molecular formula is C26H51N2O+. The molecular weight excluding hydrogens is 356 g/mol. The van der Waals surface area contributed by atoms with Crippen LogP contribution in [0.4, 0.5) is 0 Å². The molecule has 0 saturated heterocycles. The van der Waals surface area contributed by atoms with Crippen LogP contribution in [0.1, 0.15) is 124 Å². The molecule has 0 aliphatic carbocycles. The van der Waals surface area contributed by atoms with Gasteiger partial charge in [-0.1, -0.05) is 89.7 Å². The quantitative estimate of drug-likeness (QED) is 0.135. The number of nitrogens with zero attached hydrogens (tertiary/aromatic N) is 2. The summed E-state index contributed by atoms with van der Waals surface area (Å²) in [4.78, 5) is 4.72. The van der Waals surface area contributed by atoms with Gasteiger partial charge in [-0.3, -0.25) is 4.48 Å². The summed E-state index contributed by atoms with van der Waals surface area (Å²) >= 11 is 0. The van der Waals surface area contributed by atoms with Crippen LogP contribution in [0.25, 0.3) is 0 Å². The molecule has 0 fully saturated rings. The third kappa shape index (κ3) is 10.8. The molecule has 0 bridgehead atoms. The first-order chi connectivity index (χ1) is 14.2. The van der Waals surface area contributed by atoms with Gasteiger partial charge in [0.15, 0.2) is 6.23 Å². The molecule has 0 aromatic carbocycles. The lowest BCUT2D eigenvalue weighted by Crippen LogP contribution is -2.56. The highest BCUT2D eigenvalue weighted by Crippen LogP contribution is 2.23. The highest BCUT2D eigenvalue weighted by molar-refractivity contribution is 5.76. The summed E-state index contributed by atoms with van der Waals surface area (Å²) < 4.78 is 0.718. The van der Waals surface area contributed by atoms with Crippen molar-refractivity contribution in [2.45, 2.75) is 130 Å². The van der Waals surface area contributed by atoms with Crippen LogP contribution >= 0.6 is 0 Å². The van der Waals surface area contributed by atoms with Crippen LogP contribution in [-0.4, -0.2) is 41.3 Å². The number of hydrogen-bond donors (Lipinski definition) is 1. The average molecular weight is 408 g/mol. The van der Waals surface area contributed by atoms with E-state index in [0.717, 1.165) is 30.5 Å². The third-order valence-electron chi connectivity index (χ3n) is 6.76. The number of allylic oxidation sites excluding steroid dienone is 2. The Morgan fingerprint density at radius 3 is 1.83 bits per heavy atom. The van der Waals surface area contributed by atoms with Gasteiger partial charge in [-0.05, 0) is 32.6 Å². The number of likely N-dealkylation sites (N-methyl/N-ethyl adjacent to an activating group) is 1. The summed E-state index contributed by atoms with van der Waals surface area (Å²) in [6.45, 7) is 9.16. The van der Waals surface area contributed by atoms with Crippen LogP contribution in [0, 0.1) is 0 Å². The Labute approximate surface area is 182 Å². The van der Waals surface area contributed by atoms with Crippen LogP contribution < -0.4 is 0 Å². The largest absolute Gasteiger partial charge is 0.345 e. The summed E-state index contributed by atoms with van der Waals surface area (Å²) in [5, 5.41) is 10.2. The molecule has 0 amide bonds. The molecule has 170 valence electrons. The fraction of sp³-hybridized carbons (Fsp3) is 0.885. The summed E-state index contributed by atoms with van der Waals surface area (Å²) in [7, 11) is 0. The Morgan fingerprint density at radius 2 is 1.34 bits per heavy atom. The number of aliphatic hydroxyl groups excluding tert-OH is 1. The zero-order chi connectivity index (χ0) is 21.2. The highest BCUT2D eigenvalue weighted by atomic mass is 16.3. The third-order valence-corrected chi connectivity index (χ3v) is 6.76. The van der Waals surface area contributed by atoms with Gasteiger partial charge >= 0.3 is 0 Å². The lowest BCUT2D eigenvalue weighted by molar-refractivity contribution is -0.882. The number of amidine groups is 1. The van der Waals surface area contributed by atoms with Crippen LogP contribution in [0.3, 0.4) is 0 Å². The summed E-state index contributed by atoms with van der Waals surface area (Å²) in [6, 6.07) is 0. The Balaban J connectivity index is 1.87. The average Bonchev–Trinajstić information content (AvgIpc) is 3.14. The fourth-order valence-electron chi connectivity index (χ4n) is 4.71. The summed E-state index contributed by atoms with van der Waals surface area (Å²) in [5.74, 6) is 1.25. The van der Waals surface area contributed by atoms with E-state index in [4.69, 9.17) is 4.99 Å². The molecule has 2 atom stereocenters. The van der Waals surface area contributed by atoms with E-state index in [1.165, 1.54) is 102 Å². The number of rotatable bonds is 19. The van der Waals surface area contributed by atoms with Crippen LogP contribution in [0.5, 0.6) is 0 Å². The van der Waals surface area contributed by atoms with E-state index in [1.54, 1.807) is 0 Å². The maximum atomic E-state index is 10.2. The van der Waals surface area contributed by atoms with Gasteiger partial charge in [-0.25, -0.2) is 4.99 Å². The van der Waals surface area contributed by atoms with E-state index in [1.807, 2.05) is 6.92 Å². The zero-order valence-corrected chi connectivity index (χ0v) is 20.0. The minimum atomic E-state index is -0.316. The molecule has 1 aliphatic heterocycles. The molecule has 1 aliphatic rings. The van der Waals surface area contributed by atoms with Crippen molar-refractivity contribution in [3.05, 3.63) is 12.2 Å². The predicted octanol–water partition coefficient (Wildman–Crippen LogP) is 7.39. The number of aliphatic imine (C=N–C) groups is 1. The molecule has 3 heteroatoms. The number of hydrogen-bond acceptors (Lipinski definition) is 2. The van der Waals surface area contributed by atoms with Crippen molar-refractivity contribution in [3.63, 3.8) is 0 Å². The van der Waals surface area contributed by atoms with Gasteiger partial charge in [0.2, 0.25) is 5.84 Å². The van der Waals surface area contributed by atoms with Crippen molar-refractivity contribution in [2.75, 3.05) is 19.6 Å². The summed E-state index contributed by atoms with van der Waals surface area (Å²) in [5.41, 5.74) is 0. The zero-order valence-electron chi connectivity index (χ0n) is 20.0. The van der Waals surface area contributed by atoms with Crippen LogP contribution in [-0.2, 0) is 0 Å². The van der Waals surface area contributed by atoms with E-state index >= 15 is 0 Å². The van der Waals surface area contributed by atoms with Gasteiger partial charge < -0.3 is 5.11 Å². The summed E-state index contributed by atoms with van der Waals surface area (Å²) in [6.07, 6.45) is 25.9. The number of quaternary nitrogens is 1. The Bertz CT molecular complexity index is 444. The Morgan fingerprint density at radius 1 is 0.828 bits per heavy atom. The molecule has 0 saturated carbocycles. The van der Waals surface area contributed by atoms with Crippen molar-refractivity contribution < 1.29 is 9.59 Å². The van der Waals surface area contributed by atoms with E-state index in [2.05, 4.69) is 26.0 Å². The van der Waals surface area contributed by atoms with E-state index in [0.29, 0.717) is 0 Å². The first-order valence-corrected chi connectivity index (χ1v) is 12.9.